The van der Waals surface area contributed by atoms with Crippen LogP contribution < -0.4 is 15.3 Å². The summed E-state index contributed by atoms with van der Waals surface area (Å²) < 4.78 is 11.8. The minimum Gasteiger partial charge on any atom is -0.471 e. The van der Waals surface area contributed by atoms with E-state index in [4.69, 9.17) is 44.0 Å². The zero-order valence-electron chi connectivity index (χ0n) is 17.1. The summed E-state index contributed by atoms with van der Waals surface area (Å²) in [6.45, 7) is 2.61. The van der Waals surface area contributed by atoms with Crippen molar-refractivity contribution in [3.63, 3.8) is 0 Å². The van der Waals surface area contributed by atoms with Gasteiger partial charge in [-0.1, -0.05) is 65.1 Å². The molecule has 0 unspecified atom stereocenters. The molecular weight excluding hydrogens is 469 g/mol. The van der Waals surface area contributed by atoms with Gasteiger partial charge in [-0.05, 0) is 42.3 Å². The molecule has 0 saturated heterocycles. The van der Waals surface area contributed by atoms with Gasteiger partial charge in [-0.15, -0.1) is 0 Å². The second kappa shape index (κ2) is 8.36. The van der Waals surface area contributed by atoms with Gasteiger partial charge >= 0.3 is 5.63 Å². The minimum atomic E-state index is -0.356. The van der Waals surface area contributed by atoms with Gasteiger partial charge in [-0.2, -0.15) is 0 Å². The highest BCUT2D eigenvalue weighted by Gasteiger charge is 2.27. The minimum absolute atomic E-state index is 0.259. The van der Waals surface area contributed by atoms with E-state index in [2.05, 4.69) is 0 Å². The van der Waals surface area contributed by atoms with Crippen molar-refractivity contribution in [1.29, 1.82) is 0 Å². The number of anilines is 1. The maximum absolute atomic E-state index is 13.0. The SMILES string of the molecule is Cc1c(Cc2ccccc2)c(=O)oc2c3c(c(Cl)cc12)OCN(c1ccc(Cl)cc1Cl)C3. The zero-order chi connectivity index (χ0) is 22.4. The number of halogens is 3. The second-order valence-corrected chi connectivity index (χ2v) is 9.02. The van der Waals surface area contributed by atoms with Crippen LogP contribution in [0.4, 0.5) is 5.69 Å². The number of fused-ring (bicyclic) bond motifs is 3. The Hall–Kier alpha value is -2.66. The van der Waals surface area contributed by atoms with Gasteiger partial charge in [0, 0.05) is 22.4 Å². The summed E-state index contributed by atoms with van der Waals surface area (Å²) in [6.07, 6.45) is 0.489. The van der Waals surface area contributed by atoms with E-state index in [1.54, 1.807) is 12.1 Å². The molecule has 5 rings (SSSR count). The van der Waals surface area contributed by atoms with Gasteiger partial charge in [0.15, 0.2) is 6.73 Å². The van der Waals surface area contributed by atoms with Gasteiger partial charge in [-0.25, -0.2) is 4.79 Å². The van der Waals surface area contributed by atoms with Gasteiger partial charge < -0.3 is 14.1 Å². The molecule has 162 valence electrons. The van der Waals surface area contributed by atoms with Crippen molar-refractivity contribution in [2.75, 3.05) is 11.6 Å². The summed E-state index contributed by atoms with van der Waals surface area (Å²) in [5.74, 6) is 0.527. The monoisotopic (exact) mass is 485 g/mol. The van der Waals surface area contributed by atoms with E-state index in [1.807, 2.05) is 54.3 Å². The number of benzene rings is 3. The van der Waals surface area contributed by atoms with E-state index in [-0.39, 0.29) is 12.4 Å². The van der Waals surface area contributed by atoms with Crippen molar-refractivity contribution >= 4 is 51.5 Å². The van der Waals surface area contributed by atoms with Crippen molar-refractivity contribution in [2.24, 2.45) is 0 Å². The Balaban J connectivity index is 1.62. The van der Waals surface area contributed by atoms with Crippen molar-refractivity contribution in [1.82, 2.24) is 0 Å². The van der Waals surface area contributed by atoms with Gasteiger partial charge in [0.2, 0.25) is 0 Å². The molecule has 1 aliphatic rings. The Morgan fingerprint density at radius 3 is 2.53 bits per heavy atom. The predicted octanol–water partition coefficient (Wildman–Crippen LogP) is 7.01. The van der Waals surface area contributed by atoms with Crippen LogP contribution in [0, 0.1) is 6.92 Å². The Bertz CT molecular complexity index is 1400. The van der Waals surface area contributed by atoms with Crippen molar-refractivity contribution in [3.8, 4) is 5.75 Å². The van der Waals surface area contributed by atoms with Crippen LogP contribution in [0.25, 0.3) is 11.0 Å². The molecule has 32 heavy (non-hydrogen) atoms. The van der Waals surface area contributed by atoms with Gasteiger partial charge in [-0.3, -0.25) is 0 Å². The highest BCUT2D eigenvalue weighted by molar-refractivity contribution is 6.36. The first-order valence-corrected chi connectivity index (χ1v) is 11.2. The first kappa shape index (κ1) is 21.2. The Labute approximate surface area is 199 Å². The van der Waals surface area contributed by atoms with Crippen LogP contribution in [0.1, 0.15) is 22.3 Å². The van der Waals surface area contributed by atoms with Crippen molar-refractivity contribution in [2.45, 2.75) is 19.9 Å². The number of nitrogens with zero attached hydrogens (tertiary/aromatic N) is 1. The molecule has 0 radical (unpaired) electrons. The molecular formula is C25H18Cl3NO3. The fraction of sp³-hybridized carbons (Fsp3) is 0.160. The topological polar surface area (TPSA) is 42.7 Å². The molecule has 3 aromatic carbocycles. The number of hydrogen-bond donors (Lipinski definition) is 0. The summed E-state index contributed by atoms with van der Waals surface area (Å²) in [5, 5.41) is 2.35. The number of aryl methyl sites for hydroxylation is 1. The first-order valence-electron chi connectivity index (χ1n) is 10.1. The van der Waals surface area contributed by atoms with E-state index in [0.717, 1.165) is 27.8 Å². The Morgan fingerprint density at radius 1 is 1.00 bits per heavy atom. The van der Waals surface area contributed by atoms with E-state index in [1.165, 1.54) is 0 Å². The van der Waals surface area contributed by atoms with E-state index in [9.17, 15) is 4.79 Å². The summed E-state index contributed by atoms with van der Waals surface area (Å²) in [4.78, 5) is 14.9. The summed E-state index contributed by atoms with van der Waals surface area (Å²) in [7, 11) is 0. The molecule has 4 nitrogen and oxygen atoms in total. The molecule has 0 atom stereocenters. The lowest BCUT2D eigenvalue weighted by atomic mass is 9.97. The largest absolute Gasteiger partial charge is 0.471 e. The van der Waals surface area contributed by atoms with Crippen molar-refractivity contribution < 1.29 is 9.15 Å². The summed E-state index contributed by atoms with van der Waals surface area (Å²) >= 11 is 19.0. The molecule has 1 aliphatic heterocycles. The molecule has 7 heteroatoms. The highest BCUT2D eigenvalue weighted by Crippen LogP contribution is 2.42. The Morgan fingerprint density at radius 2 is 1.78 bits per heavy atom. The van der Waals surface area contributed by atoms with Crippen LogP contribution in [-0.4, -0.2) is 6.73 Å². The third-order valence-corrected chi connectivity index (χ3v) is 6.59. The average molecular weight is 487 g/mol. The van der Waals surface area contributed by atoms with Crippen molar-refractivity contribution in [3.05, 3.63) is 102 Å². The van der Waals surface area contributed by atoms with E-state index in [0.29, 0.717) is 44.9 Å². The van der Waals surface area contributed by atoms with Crippen LogP contribution in [0.5, 0.6) is 5.75 Å². The molecule has 1 aromatic heterocycles. The molecule has 0 N–H and O–H groups in total. The maximum atomic E-state index is 13.0. The highest BCUT2D eigenvalue weighted by atomic mass is 35.5. The van der Waals surface area contributed by atoms with Crippen LogP contribution in [0.2, 0.25) is 15.1 Å². The maximum Gasteiger partial charge on any atom is 0.340 e. The summed E-state index contributed by atoms with van der Waals surface area (Å²) in [5.41, 5.74) is 4.13. The molecule has 0 aliphatic carbocycles. The van der Waals surface area contributed by atoms with Crippen LogP contribution in [-0.2, 0) is 13.0 Å². The lowest BCUT2D eigenvalue weighted by Gasteiger charge is -2.32. The third-order valence-electron chi connectivity index (χ3n) is 5.77. The van der Waals surface area contributed by atoms with Crippen LogP contribution in [0.3, 0.4) is 0 Å². The third kappa shape index (κ3) is 3.73. The standard InChI is InChI=1S/C25H18Cl3NO3/c1-14-17-11-21(28)24-19(12-29(13-31-24)22-8-7-16(26)10-20(22)27)23(17)32-25(30)18(14)9-15-5-3-2-4-6-15/h2-8,10-11H,9,12-13H2,1H3. The molecule has 0 spiro atoms. The average Bonchev–Trinajstić information content (AvgIpc) is 2.78. The normalized spacial score (nSPS) is 13.2. The second-order valence-electron chi connectivity index (χ2n) is 7.77. The number of hydrogen-bond acceptors (Lipinski definition) is 4. The zero-order valence-corrected chi connectivity index (χ0v) is 19.4. The molecule has 0 bridgehead atoms. The van der Waals surface area contributed by atoms with Gasteiger partial charge in [0.05, 0.1) is 27.8 Å². The first-order chi connectivity index (χ1) is 15.4. The Kier molecular flexibility index (Phi) is 5.54. The van der Waals surface area contributed by atoms with Crippen LogP contribution in [0.15, 0.2) is 63.8 Å². The molecule has 4 aromatic rings. The molecule has 0 saturated carbocycles. The van der Waals surface area contributed by atoms with E-state index >= 15 is 0 Å². The van der Waals surface area contributed by atoms with E-state index < -0.39 is 0 Å². The smallest absolute Gasteiger partial charge is 0.340 e. The van der Waals surface area contributed by atoms with Gasteiger partial charge in [0.1, 0.15) is 11.3 Å². The number of ether oxygens (including phenoxy) is 1. The lowest BCUT2D eigenvalue weighted by Crippen LogP contribution is -2.32. The summed E-state index contributed by atoms with van der Waals surface area (Å²) in [6, 6.07) is 16.9. The predicted molar refractivity (Wildman–Crippen MR) is 130 cm³/mol. The quantitative estimate of drug-likeness (QED) is 0.292. The molecule has 2 heterocycles. The molecule has 0 amide bonds. The van der Waals surface area contributed by atoms with Gasteiger partial charge in [0.25, 0.3) is 0 Å². The number of rotatable bonds is 3. The fourth-order valence-corrected chi connectivity index (χ4v) is 4.91. The van der Waals surface area contributed by atoms with Crippen LogP contribution >= 0.6 is 34.8 Å². The lowest BCUT2D eigenvalue weighted by molar-refractivity contribution is 0.289. The molecule has 0 fully saturated rings. The fourth-order valence-electron chi connectivity index (χ4n) is 4.11.